The third-order valence-electron chi connectivity index (χ3n) is 3.53. The molecule has 1 unspecified atom stereocenters. The molecule has 21 heavy (non-hydrogen) atoms. The van der Waals surface area contributed by atoms with Crippen molar-refractivity contribution in [1.82, 2.24) is 4.98 Å². The molecule has 2 N–H and O–H groups in total. The van der Waals surface area contributed by atoms with Gasteiger partial charge in [-0.15, -0.1) is 11.3 Å². The van der Waals surface area contributed by atoms with Crippen LogP contribution in [0.1, 0.15) is 41.8 Å². The molecular formula is C16H20N2O2S. The third kappa shape index (κ3) is 3.19. The molecule has 112 valence electrons. The van der Waals surface area contributed by atoms with Crippen molar-refractivity contribution in [1.29, 1.82) is 0 Å². The van der Waals surface area contributed by atoms with E-state index >= 15 is 0 Å². The quantitative estimate of drug-likeness (QED) is 0.941. The van der Waals surface area contributed by atoms with Gasteiger partial charge in [-0.2, -0.15) is 0 Å². The Hall–Kier alpha value is -1.59. The van der Waals surface area contributed by atoms with Crippen LogP contribution in [0, 0.1) is 6.92 Å². The van der Waals surface area contributed by atoms with E-state index in [0.717, 1.165) is 33.4 Å². The van der Waals surface area contributed by atoms with Gasteiger partial charge in [0.1, 0.15) is 23.7 Å². The predicted octanol–water partition coefficient (Wildman–Crippen LogP) is 3.59. The molecule has 5 heteroatoms. The largest absolute Gasteiger partial charge is 0.488 e. The van der Waals surface area contributed by atoms with Crippen LogP contribution < -0.4 is 15.2 Å². The second-order valence-corrected chi connectivity index (χ2v) is 7.33. The number of nitrogens with two attached hydrogens (primary N) is 1. The number of hydrogen-bond donors (Lipinski definition) is 1. The molecule has 1 aromatic carbocycles. The normalized spacial score (nSPS) is 19.7. The van der Waals surface area contributed by atoms with Gasteiger partial charge < -0.3 is 15.2 Å². The molecule has 0 bridgehead atoms. The van der Waals surface area contributed by atoms with E-state index in [0.29, 0.717) is 6.61 Å². The highest BCUT2D eigenvalue weighted by molar-refractivity contribution is 7.11. The molecule has 0 radical (unpaired) electrons. The van der Waals surface area contributed by atoms with E-state index in [1.807, 2.05) is 31.3 Å². The van der Waals surface area contributed by atoms with Gasteiger partial charge in [-0.25, -0.2) is 4.98 Å². The maximum Gasteiger partial charge on any atom is 0.128 e. The number of aryl methyl sites for hydroxylation is 1. The number of ether oxygens (including phenoxy) is 2. The number of nitrogens with zero attached hydrogens (tertiary/aromatic N) is 1. The first-order valence-electron chi connectivity index (χ1n) is 7.06. The van der Waals surface area contributed by atoms with E-state index in [1.54, 1.807) is 11.3 Å². The smallest absolute Gasteiger partial charge is 0.128 e. The van der Waals surface area contributed by atoms with Crippen LogP contribution in [0.25, 0.3) is 0 Å². The van der Waals surface area contributed by atoms with E-state index in [4.69, 9.17) is 15.2 Å². The van der Waals surface area contributed by atoms with Crippen molar-refractivity contribution in [2.75, 3.05) is 0 Å². The first-order valence-corrected chi connectivity index (χ1v) is 7.87. The summed E-state index contributed by atoms with van der Waals surface area (Å²) in [6.45, 7) is 6.64. The predicted molar refractivity (Wildman–Crippen MR) is 83.9 cm³/mol. The molecule has 1 aliphatic rings. The van der Waals surface area contributed by atoms with Crippen LogP contribution in [0.2, 0.25) is 0 Å². The van der Waals surface area contributed by atoms with Crippen molar-refractivity contribution >= 4 is 11.3 Å². The molecule has 2 heterocycles. The number of fused-ring (bicyclic) bond motifs is 1. The molecule has 0 saturated carbocycles. The highest BCUT2D eigenvalue weighted by Crippen LogP contribution is 2.40. The molecule has 0 amide bonds. The fraction of sp³-hybridized carbons (Fsp3) is 0.438. The Morgan fingerprint density at radius 2 is 2.29 bits per heavy atom. The molecule has 1 atom stereocenters. The molecule has 1 aliphatic heterocycles. The minimum absolute atomic E-state index is 0.0157. The van der Waals surface area contributed by atoms with Crippen molar-refractivity contribution in [3.05, 3.63) is 39.8 Å². The van der Waals surface area contributed by atoms with E-state index in [1.165, 1.54) is 0 Å². The number of rotatable bonds is 3. The van der Waals surface area contributed by atoms with Crippen molar-refractivity contribution < 1.29 is 9.47 Å². The standard InChI is InChI=1S/C16H20N2O2S/c1-10-18-8-12(21-10)9-19-11-4-5-13-14(17)7-16(2,3)20-15(13)6-11/h4-6,8,14H,7,9,17H2,1-3H3. The van der Waals surface area contributed by atoms with E-state index in [9.17, 15) is 0 Å². The van der Waals surface area contributed by atoms with E-state index in [2.05, 4.69) is 18.8 Å². The summed E-state index contributed by atoms with van der Waals surface area (Å²) in [5.74, 6) is 1.63. The maximum atomic E-state index is 6.21. The van der Waals surface area contributed by atoms with Crippen LogP contribution in [-0.2, 0) is 6.61 Å². The molecule has 0 fully saturated rings. The van der Waals surface area contributed by atoms with Crippen molar-refractivity contribution in [3.8, 4) is 11.5 Å². The summed E-state index contributed by atoms with van der Waals surface area (Å²) in [6.07, 6.45) is 2.67. The summed E-state index contributed by atoms with van der Waals surface area (Å²) >= 11 is 1.65. The van der Waals surface area contributed by atoms with Crippen LogP contribution in [0.5, 0.6) is 11.5 Å². The molecule has 4 nitrogen and oxygen atoms in total. The van der Waals surface area contributed by atoms with Crippen LogP contribution in [-0.4, -0.2) is 10.6 Å². The zero-order valence-electron chi connectivity index (χ0n) is 12.6. The number of thiazole rings is 1. The molecule has 3 rings (SSSR count). The molecule has 0 aliphatic carbocycles. The topological polar surface area (TPSA) is 57.4 Å². The molecule has 2 aromatic rings. The Labute approximate surface area is 128 Å². The minimum atomic E-state index is -0.236. The lowest BCUT2D eigenvalue weighted by atomic mass is 9.90. The van der Waals surface area contributed by atoms with Crippen LogP contribution in [0.4, 0.5) is 0 Å². The lowest BCUT2D eigenvalue weighted by molar-refractivity contribution is 0.0724. The Morgan fingerprint density at radius 1 is 1.48 bits per heavy atom. The Kier molecular flexibility index (Phi) is 3.63. The SMILES string of the molecule is Cc1ncc(COc2ccc3c(c2)OC(C)(C)CC3N)s1. The average Bonchev–Trinajstić information content (AvgIpc) is 2.80. The van der Waals surface area contributed by atoms with Crippen LogP contribution in [0.3, 0.4) is 0 Å². The maximum absolute atomic E-state index is 6.21. The van der Waals surface area contributed by atoms with Gasteiger partial charge in [0, 0.05) is 30.3 Å². The number of aromatic nitrogens is 1. The van der Waals surface area contributed by atoms with Gasteiger partial charge in [0.15, 0.2) is 0 Å². The average molecular weight is 304 g/mol. The van der Waals surface area contributed by atoms with Gasteiger partial charge in [-0.1, -0.05) is 6.07 Å². The lowest BCUT2D eigenvalue weighted by Gasteiger charge is -2.36. The highest BCUT2D eigenvalue weighted by atomic mass is 32.1. The van der Waals surface area contributed by atoms with E-state index in [-0.39, 0.29) is 11.6 Å². The summed E-state index contributed by atoms with van der Waals surface area (Å²) in [5.41, 5.74) is 7.03. The molecule has 1 aromatic heterocycles. The summed E-state index contributed by atoms with van der Waals surface area (Å²) in [6, 6.07) is 5.91. The summed E-state index contributed by atoms with van der Waals surface area (Å²) < 4.78 is 11.8. The minimum Gasteiger partial charge on any atom is -0.488 e. The summed E-state index contributed by atoms with van der Waals surface area (Å²) in [5, 5.41) is 1.05. The van der Waals surface area contributed by atoms with Gasteiger partial charge in [-0.05, 0) is 26.8 Å². The van der Waals surface area contributed by atoms with Gasteiger partial charge >= 0.3 is 0 Å². The van der Waals surface area contributed by atoms with Crippen molar-refractivity contribution in [2.24, 2.45) is 5.73 Å². The zero-order chi connectivity index (χ0) is 15.0. The van der Waals surface area contributed by atoms with Gasteiger partial charge in [-0.3, -0.25) is 0 Å². The fourth-order valence-electron chi connectivity index (χ4n) is 2.60. The third-order valence-corrected chi connectivity index (χ3v) is 4.42. The van der Waals surface area contributed by atoms with Gasteiger partial charge in [0.05, 0.1) is 9.88 Å². The second kappa shape index (κ2) is 5.31. The van der Waals surface area contributed by atoms with E-state index < -0.39 is 0 Å². The lowest BCUT2D eigenvalue weighted by Crippen LogP contribution is -2.37. The highest BCUT2D eigenvalue weighted by Gasteiger charge is 2.31. The van der Waals surface area contributed by atoms with Gasteiger partial charge in [0.25, 0.3) is 0 Å². The van der Waals surface area contributed by atoms with Gasteiger partial charge in [0.2, 0.25) is 0 Å². The molecular weight excluding hydrogens is 284 g/mol. The second-order valence-electron chi connectivity index (χ2n) is 6.01. The molecule has 0 saturated heterocycles. The zero-order valence-corrected chi connectivity index (χ0v) is 13.4. The molecule has 0 spiro atoms. The van der Waals surface area contributed by atoms with Crippen LogP contribution >= 0.6 is 11.3 Å². The van der Waals surface area contributed by atoms with Crippen molar-refractivity contribution in [3.63, 3.8) is 0 Å². The van der Waals surface area contributed by atoms with Crippen molar-refractivity contribution in [2.45, 2.75) is 45.4 Å². The summed E-state index contributed by atoms with van der Waals surface area (Å²) in [4.78, 5) is 5.34. The van der Waals surface area contributed by atoms with Crippen LogP contribution in [0.15, 0.2) is 24.4 Å². The fourth-order valence-corrected chi connectivity index (χ4v) is 3.31. The number of benzene rings is 1. The first-order chi connectivity index (χ1) is 9.93. The Balaban J connectivity index is 1.76. The first kappa shape index (κ1) is 14.4. The Bertz CT molecular complexity index is 651. The number of hydrogen-bond acceptors (Lipinski definition) is 5. The summed E-state index contributed by atoms with van der Waals surface area (Å²) in [7, 11) is 0. The Morgan fingerprint density at radius 3 is 3.00 bits per heavy atom. The monoisotopic (exact) mass is 304 g/mol.